The van der Waals surface area contributed by atoms with Crippen LogP contribution in [0.15, 0.2) is 53.4 Å². The molecule has 2 aliphatic heterocycles. The first kappa shape index (κ1) is 21.5. The number of nitrogens with one attached hydrogen (secondary N) is 2. The fraction of sp³-hybridized carbons (Fsp3) is 0.304. The second kappa shape index (κ2) is 8.87. The highest BCUT2D eigenvalue weighted by Crippen LogP contribution is 2.29. The van der Waals surface area contributed by atoms with Crippen molar-refractivity contribution in [3.63, 3.8) is 0 Å². The van der Waals surface area contributed by atoms with Crippen molar-refractivity contribution in [3.05, 3.63) is 59.8 Å². The summed E-state index contributed by atoms with van der Waals surface area (Å²) in [6.45, 7) is 5.36. The zero-order valence-electron chi connectivity index (χ0n) is 18.2. The quantitative estimate of drug-likeness (QED) is 0.570. The minimum Gasteiger partial charge on any atom is -0.493 e. The van der Waals surface area contributed by atoms with Crippen LogP contribution in [-0.2, 0) is 21.2 Å². The van der Waals surface area contributed by atoms with Crippen LogP contribution in [0, 0.1) is 6.92 Å². The molecule has 9 nitrogen and oxygen atoms in total. The number of sulfonamides is 1. The molecule has 0 radical (unpaired) electrons. The summed E-state index contributed by atoms with van der Waals surface area (Å²) in [6, 6.07) is 13.9. The SMILES string of the molecule is Cc1cc(Nc2ccc(NS(=O)(=O)c3ccc4c(c3)CCO4)cc2)nc(N2CCOCC2)n1. The van der Waals surface area contributed by atoms with E-state index in [9.17, 15) is 8.42 Å². The Labute approximate surface area is 192 Å². The van der Waals surface area contributed by atoms with Crippen molar-refractivity contribution >= 4 is 33.2 Å². The van der Waals surface area contributed by atoms with Gasteiger partial charge in [0.25, 0.3) is 10.0 Å². The lowest BCUT2D eigenvalue weighted by Crippen LogP contribution is -2.37. The van der Waals surface area contributed by atoms with Gasteiger partial charge in [-0.05, 0) is 55.0 Å². The van der Waals surface area contributed by atoms with Crippen LogP contribution in [-0.4, -0.2) is 51.3 Å². The molecule has 33 heavy (non-hydrogen) atoms. The van der Waals surface area contributed by atoms with Crippen LogP contribution < -0.4 is 19.7 Å². The highest BCUT2D eigenvalue weighted by molar-refractivity contribution is 7.92. The van der Waals surface area contributed by atoms with Crippen LogP contribution in [0.25, 0.3) is 0 Å². The van der Waals surface area contributed by atoms with Crippen molar-refractivity contribution in [1.82, 2.24) is 9.97 Å². The van der Waals surface area contributed by atoms with E-state index < -0.39 is 10.0 Å². The molecule has 0 bridgehead atoms. The number of nitrogens with zero attached hydrogens (tertiary/aromatic N) is 3. The van der Waals surface area contributed by atoms with Crippen LogP contribution in [0.5, 0.6) is 5.75 Å². The molecule has 5 rings (SSSR count). The predicted octanol–water partition coefficient (Wildman–Crippen LogP) is 3.10. The monoisotopic (exact) mass is 467 g/mol. The fourth-order valence-electron chi connectivity index (χ4n) is 3.84. The van der Waals surface area contributed by atoms with Gasteiger partial charge in [0.1, 0.15) is 11.6 Å². The highest BCUT2D eigenvalue weighted by Gasteiger charge is 2.19. The fourth-order valence-corrected chi connectivity index (χ4v) is 4.94. The summed E-state index contributed by atoms with van der Waals surface area (Å²) in [5.74, 6) is 2.10. The first-order valence-corrected chi connectivity index (χ1v) is 12.3. The average molecular weight is 468 g/mol. The molecule has 172 valence electrons. The van der Waals surface area contributed by atoms with E-state index >= 15 is 0 Å². The van der Waals surface area contributed by atoms with Crippen LogP contribution in [0.3, 0.4) is 0 Å². The van der Waals surface area contributed by atoms with Crippen molar-refractivity contribution in [2.24, 2.45) is 0 Å². The van der Waals surface area contributed by atoms with Gasteiger partial charge in [-0.2, -0.15) is 4.98 Å². The first-order valence-electron chi connectivity index (χ1n) is 10.8. The summed E-state index contributed by atoms with van der Waals surface area (Å²) >= 11 is 0. The number of rotatable bonds is 6. The topological polar surface area (TPSA) is 106 Å². The van der Waals surface area contributed by atoms with Gasteiger partial charge >= 0.3 is 0 Å². The highest BCUT2D eigenvalue weighted by atomic mass is 32.2. The number of anilines is 4. The molecule has 1 aromatic heterocycles. The number of aromatic nitrogens is 2. The van der Waals surface area contributed by atoms with Crippen molar-refractivity contribution in [2.75, 3.05) is 47.8 Å². The number of hydrogen-bond acceptors (Lipinski definition) is 8. The van der Waals surface area contributed by atoms with Gasteiger partial charge in [-0.15, -0.1) is 0 Å². The van der Waals surface area contributed by atoms with E-state index in [4.69, 9.17) is 9.47 Å². The minimum absolute atomic E-state index is 0.223. The third kappa shape index (κ3) is 4.86. The van der Waals surface area contributed by atoms with Crippen molar-refractivity contribution in [1.29, 1.82) is 0 Å². The summed E-state index contributed by atoms with van der Waals surface area (Å²) in [4.78, 5) is 11.5. The standard InChI is InChI=1S/C23H25N5O4S/c1-16-14-22(26-23(24-16)28-9-12-31-13-10-28)25-18-2-4-19(5-3-18)27-33(29,30)20-6-7-21-17(15-20)8-11-32-21/h2-7,14-15,27H,8-13H2,1H3,(H,24,25,26). The van der Waals surface area contributed by atoms with Crippen LogP contribution in [0.4, 0.5) is 23.1 Å². The van der Waals surface area contributed by atoms with E-state index in [1.165, 1.54) is 0 Å². The molecule has 2 aromatic carbocycles. The molecule has 1 fully saturated rings. The Morgan fingerprint density at radius 2 is 1.70 bits per heavy atom. The molecule has 0 amide bonds. The van der Waals surface area contributed by atoms with E-state index in [1.807, 2.05) is 13.0 Å². The smallest absolute Gasteiger partial charge is 0.261 e. The lowest BCUT2D eigenvalue weighted by atomic mass is 10.2. The zero-order chi connectivity index (χ0) is 22.8. The molecule has 0 atom stereocenters. The zero-order valence-corrected chi connectivity index (χ0v) is 19.1. The van der Waals surface area contributed by atoms with Crippen LogP contribution in [0.2, 0.25) is 0 Å². The molecular weight excluding hydrogens is 442 g/mol. The minimum atomic E-state index is -3.69. The van der Waals surface area contributed by atoms with E-state index in [2.05, 4.69) is 24.9 Å². The molecule has 2 N–H and O–H groups in total. The van der Waals surface area contributed by atoms with E-state index in [0.29, 0.717) is 37.3 Å². The first-order chi connectivity index (χ1) is 16.0. The summed E-state index contributed by atoms with van der Waals surface area (Å²) in [5, 5.41) is 3.27. The van der Waals surface area contributed by atoms with Gasteiger partial charge in [-0.1, -0.05) is 0 Å². The van der Waals surface area contributed by atoms with Crippen LogP contribution >= 0.6 is 0 Å². The van der Waals surface area contributed by atoms with Gasteiger partial charge in [0.2, 0.25) is 5.95 Å². The molecule has 3 aromatic rings. The molecule has 0 unspecified atom stereocenters. The number of aryl methyl sites for hydroxylation is 1. The van der Waals surface area contributed by atoms with Gasteiger partial charge in [0.05, 0.1) is 24.7 Å². The molecule has 0 saturated carbocycles. The predicted molar refractivity (Wildman–Crippen MR) is 126 cm³/mol. The third-order valence-corrected chi connectivity index (χ3v) is 6.90. The van der Waals surface area contributed by atoms with Gasteiger partial charge in [0.15, 0.2) is 0 Å². The Hall–Kier alpha value is -3.37. The van der Waals surface area contributed by atoms with Crippen molar-refractivity contribution in [3.8, 4) is 5.75 Å². The molecule has 1 saturated heterocycles. The lowest BCUT2D eigenvalue weighted by Gasteiger charge is -2.27. The second-order valence-electron chi connectivity index (χ2n) is 7.97. The summed E-state index contributed by atoms with van der Waals surface area (Å²) in [5.41, 5.74) is 3.04. The molecule has 10 heteroatoms. The van der Waals surface area contributed by atoms with Gasteiger partial charge in [0, 0.05) is 42.6 Å². The Morgan fingerprint density at radius 3 is 2.48 bits per heavy atom. The summed E-state index contributed by atoms with van der Waals surface area (Å²) < 4.78 is 39.1. The Balaban J connectivity index is 1.28. The van der Waals surface area contributed by atoms with Crippen molar-refractivity contribution in [2.45, 2.75) is 18.2 Å². The maximum absolute atomic E-state index is 12.8. The average Bonchev–Trinajstić information content (AvgIpc) is 3.28. The normalized spacial score (nSPS) is 15.6. The maximum atomic E-state index is 12.8. The van der Waals surface area contributed by atoms with Crippen molar-refractivity contribution < 1.29 is 17.9 Å². The van der Waals surface area contributed by atoms with Gasteiger partial charge in [-0.3, -0.25) is 4.72 Å². The molecule has 3 heterocycles. The molecule has 0 spiro atoms. The van der Waals surface area contributed by atoms with Gasteiger partial charge < -0.3 is 19.7 Å². The Kier molecular flexibility index (Phi) is 5.77. The Bertz CT molecular complexity index is 1260. The number of ether oxygens (including phenoxy) is 2. The number of fused-ring (bicyclic) bond motifs is 1. The van der Waals surface area contributed by atoms with Crippen LogP contribution in [0.1, 0.15) is 11.3 Å². The molecule has 2 aliphatic rings. The van der Waals surface area contributed by atoms with E-state index in [-0.39, 0.29) is 4.90 Å². The summed E-state index contributed by atoms with van der Waals surface area (Å²) in [7, 11) is -3.69. The third-order valence-electron chi connectivity index (χ3n) is 5.52. The largest absolute Gasteiger partial charge is 0.493 e. The number of hydrogen-bond donors (Lipinski definition) is 2. The number of morpholine rings is 1. The summed E-state index contributed by atoms with van der Waals surface area (Å²) in [6.07, 6.45) is 0.717. The molecule has 0 aliphatic carbocycles. The van der Waals surface area contributed by atoms with E-state index in [1.54, 1.807) is 42.5 Å². The maximum Gasteiger partial charge on any atom is 0.261 e. The Morgan fingerprint density at radius 1 is 0.939 bits per heavy atom. The lowest BCUT2D eigenvalue weighted by molar-refractivity contribution is 0.122. The van der Waals surface area contributed by atoms with Gasteiger partial charge in [-0.25, -0.2) is 13.4 Å². The second-order valence-corrected chi connectivity index (χ2v) is 9.65. The van der Waals surface area contributed by atoms with E-state index in [0.717, 1.165) is 42.2 Å². The number of benzene rings is 2. The molecular formula is C23H25N5O4S.